The van der Waals surface area contributed by atoms with Crippen LogP contribution in [0.1, 0.15) is 30.9 Å². The molecule has 0 radical (unpaired) electrons. The highest BCUT2D eigenvalue weighted by molar-refractivity contribution is 5.90. The first-order valence-corrected chi connectivity index (χ1v) is 5.88. The van der Waals surface area contributed by atoms with Gasteiger partial charge in [0.25, 0.3) is 0 Å². The molecule has 3 heteroatoms. The number of benzene rings is 1. The van der Waals surface area contributed by atoms with E-state index < -0.39 is 0 Å². The number of rotatable bonds is 4. The molecule has 0 spiro atoms. The molecule has 0 bridgehead atoms. The second kappa shape index (κ2) is 5.04. The van der Waals surface area contributed by atoms with Crippen LogP contribution in [-0.2, 0) is 0 Å². The van der Waals surface area contributed by atoms with Crippen molar-refractivity contribution in [2.75, 3.05) is 12.8 Å². The van der Waals surface area contributed by atoms with Gasteiger partial charge in [-0.05, 0) is 37.5 Å². The van der Waals surface area contributed by atoms with E-state index in [1.807, 2.05) is 37.4 Å². The van der Waals surface area contributed by atoms with Crippen molar-refractivity contribution in [2.45, 2.75) is 25.8 Å². The zero-order chi connectivity index (χ0) is 12.3. The van der Waals surface area contributed by atoms with E-state index in [1.165, 1.54) is 12.8 Å². The molecular formula is C14H18N2O. The fourth-order valence-corrected chi connectivity index (χ4v) is 1.64. The number of anilines is 1. The lowest BCUT2D eigenvalue weighted by molar-refractivity contribution is 0.417. The summed E-state index contributed by atoms with van der Waals surface area (Å²) in [5.41, 5.74) is 8.70. The van der Waals surface area contributed by atoms with Crippen molar-refractivity contribution in [2.24, 2.45) is 4.99 Å². The van der Waals surface area contributed by atoms with Gasteiger partial charge in [-0.1, -0.05) is 12.2 Å². The zero-order valence-corrected chi connectivity index (χ0v) is 10.3. The molecule has 0 amide bonds. The molecule has 90 valence electrons. The third-order valence-electron chi connectivity index (χ3n) is 2.75. The number of hydrogen-bond donors (Lipinski definition) is 1. The smallest absolute Gasteiger partial charge is 0.143 e. The van der Waals surface area contributed by atoms with Crippen LogP contribution in [0, 0.1) is 0 Å². The molecule has 0 saturated heterocycles. The Bertz CT molecular complexity index is 460. The van der Waals surface area contributed by atoms with Gasteiger partial charge in [0.15, 0.2) is 0 Å². The molecule has 1 aliphatic carbocycles. The van der Waals surface area contributed by atoms with Crippen molar-refractivity contribution in [3.63, 3.8) is 0 Å². The van der Waals surface area contributed by atoms with E-state index in [0.29, 0.717) is 17.5 Å². The lowest BCUT2D eigenvalue weighted by Crippen LogP contribution is -1.99. The van der Waals surface area contributed by atoms with Crippen LogP contribution in [0.25, 0.3) is 6.08 Å². The Morgan fingerprint density at radius 2 is 2.18 bits per heavy atom. The van der Waals surface area contributed by atoms with E-state index in [-0.39, 0.29) is 0 Å². The van der Waals surface area contributed by atoms with E-state index in [0.717, 1.165) is 11.1 Å². The number of nitrogen functional groups attached to an aromatic ring is 1. The van der Waals surface area contributed by atoms with Crippen LogP contribution in [-0.4, -0.2) is 19.4 Å². The number of methoxy groups -OCH3 is 1. The molecule has 2 N–H and O–H groups in total. The highest BCUT2D eigenvalue weighted by atomic mass is 16.5. The summed E-state index contributed by atoms with van der Waals surface area (Å²) in [6, 6.07) is 4.47. The molecule has 17 heavy (non-hydrogen) atoms. The summed E-state index contributed by atoms with van der Waals surface area (Å²) in [4.78, 5) is 4.46. The fourth-order valence-electron chi connectivity index (χ4n) is 1.64. The van der Waals surface area contributed by atoms with Crippen LogP contribution < -0.4 is 10.5 Å². The SMILES string of the molecule is C/C=C\c1cc(C=NC2CC2)c(N)c(OC)c1. The van der Waals surface area contributed by atoms with Gasteiger partial charge in [0, 0.05) is 11.8 Å². The van der Waals surface area contributed by atoms with Gasteiger partial charge in [0.1, 0.15) is 5.75 Å². The number of aliphatic imine (C=N–C) groups is 1. The molecule has 1 saturated carbocycles. The van der Waals surface area contributed by atoms with Crippen molar-refractivity contribution in [1.29, 1.82) is 0 Å². The van der Waals surface area contributed by atoms with Gasteiger partial charge >= 0.3 is 0 Å². The maximum Gasteiger partial charge on any atom is 0.143 e. The highest BCUT2D eigenvalue weighted by Crippen LogP contribution is 2.28. The minimum Gasteiger partial charge on any atom is -0.495 e. The van der Waals surface area contributed by atoms with Crippen LogP contribution in [0.2, 0.25) is 0 Å². The van der Waals surface area contributed by atoms with E-state index >= 15 is 0 Å². The Hall–Kier alpha value is -1.77. The molecule has 1 aromatic carbocycles. The number of hydrogen-bond acceptors (Lipinski definition) is 3. The number of nitrogens with two attached hydrogens (primary N) is 1. The number of allylic oxidation sites excluding steroid dienone is 1. The van der Waals surface area contributed by atoms with Crippen molar-refractivity contribution in [1.82, 2.24) is 0 Å². The van der Waals surface area contributed by atoms with E-state index in [1.54, 1.807) is 7.11 Å². The summed E-state index contributed by atoms with van der Waals surface area (Å²) >= 11 is 0. The minimum atomic E-state index is 0.505. The standard InChI is InChI=1S/C14H18N2O/c1-3-4-10-7-11(9-16-12-5-6-12)14(15)13(8-10)17-2/h3-4,7-9,12H,5-6,15H2,1-2H3/b4-3-,16-9?. The van der Waals surface area contributed by atoms with E-state index in [9.17, 15) is 0 Å². The molecule has 0 atom stereocenters. The van der Waals surface area contributed by atoms with Crippen molar-refractivity contribution in [3.05, 3.63) is 29.3 Å². The maximum absolute atomic E-state index is 6.03. The normalized spacial score (nSPS) is 15.9. The molecule has 3 nitrogen and oxygen atoms in total. The highest BCUT2D eigenvalue weighted by Gasteiger charge is 2.19. The quantitative estimate of drug-likeness (QED) is 0.638. The predicted octanol–water partition coefficient (Wildman–Crippen LogP) is 2.89. The molecule has 1 aliphatic rings. The van der Waals surface area contributed by atoms with Crippen molar-refractivity contribution in [3.8, 4) is 5.75 Å². The average Bonchev–Trinajstić information content (AvgIpc) is 3.13. The zero-order valence-electron chi connectivity index (χ0n) is 10.3. The topological polar surface area (TPSA) is 47.6 Å². The molecule has 1 aromatic rings. The molecule has 1 fully saturated rings. The maximum atomic E-state index is 6.03. The monoisotopic (exact) mass is 230 g/mol. The van der Waals surface area contributed by atoms with Gasteiger partial charge in [0.2, 0.25) is 0 Å². The lowest BCUT2D eigenvalue weighted by atomic mass is 10.1. The average molecular weight is 230 g/mol. The molecule has 0 unspecified atom stereocenters. The van der Waals surface area contributed by atoms with Gasteiger partial charge < -0.3 is 10.5 Å². The van der Waals surface area contributed by atoms with Crippen LogP contribution >= 0.6 is 0 Å². The third kappa shape index (κ3) is 2.87. The molecule has 0 aromatic heterocycles. The van der Waals surface area contributed by atoms with Crippen LogP contribution in [0.15, 0.2) is 23.2 Å². The van der Waals surface area contributed by atoms with Gasteiger partial charge in [-0.25, -0.2) is 0 Å². The summed E-state index contributed by atoms with van der Waals surface area (Å²) in [7, 11) is 1.63. The first kappa shape index (κ1) is 11.7. The molecule has 2 rings (SSSR count). The van der Waals surface area contributed by atoms with Gasteiger partial charge in [-0.3, -0.25) is 4.99 Å². The van der Waals surface area contributed by atoms with Gasteiger partial charge in [-0.15, -0.1) is 0 Å². The second-order valence-electron chi connectivity index (χ2n) is 4.24. The molecular weight excluding hydrogens is 212 g/mol. The van der Waals surface area contributed by atoms with Crippen molar-refractivity contribution >= 4 is 18.0 Å². The van der Waals surface area contributed by atoms with Crippen LogP contribution in [0.5, 0.6) is 5.75 Å². The fraction of sp³-hybridized carbons (Fsp3) is 0.357. The first-order chi connectivity index (χ1) is 8.24. The Morgan fingerprint density at radius 3 is 2.76 bits per heavy atom. The molecule has 0 heterocycles. The Labute approximate surface area is 102 Å². The summed E-state index contributed by atoms with van der Waals surface area (Å²) in [6.07, 6.45) is 8.27. The minimum absolute atomic E-state index is 0.505. The van der Waals surface area contributed by atoms with Crippen LogP contribution in [0.3, 0.4) is 0 Å². The Kier molecular flexibility index (Phi) is 3.47. The largest absolute Gasteiger partial charge is 0.495 e. The summed E-state index contributed by atoms with van der Waals surface area (Å²) in [5, 5.41) is 0. The van der Waals surface area contributed by atoms with E-state index in [2.05, 4.69) is 4.99 Å². The van der Waals surface area contributed by atoms with E-state index in [4.69, 9.17) is 10.5 Å². The lowest BCUT2D eigenvalue weighted by Gasteiger charge is -2.09. The third-order valence-corrected chi connectivity index (χ3v) is 2.75. The Morgan fingerprint density at radius 1 is 1.41 bits per heavy atom. The number of ether oxygens (including phenoxy) is 1. The summed E-state index contributed by atoms with van der Waals surface area (Å²) < 4.78 is 5.27. The summed E-state index contributed by atoms with van der Waals surface area (Å²) in [5.74, 6) is 0.706. The predicted molar refractivity (Wildman–Crippen MR) is 72.7 cm³/mol. The van der Waals surface area contributed by atoms with Crippen LogP contribution in [0.4, 0.5) is 5.69 Å². The van der Waals surface area contributed by atoms with Crippen molar-refractivity contribution < 1.29 is 4.74 Å². The van der Waals surface area contributed by atoms with Gasteiger partial charge in [-0.2, -0.15) is 0 Å². The Balaban J connectivity index is 2.36. The first-order valence-electron chi connectivity index (χ1n) is 5.88. The molecule has 0 aliphatic heterocycles. The van der Waals surface area contributed by atoms with Gasteiger partial charge in [0.05, 0.1) is 18.8 Å². The summed E-state index contributed by atoms with van der Waals surface area (Å²) in [6.45, 7) is 1.99. The number of nitrogens with zero attached hydrogens (tertiary/aromatic N) is 1. The second-order valence-corrected chi connectivity index (χ2v) is 4.24.